The average Bonchev–Trinajstić information content (AvgIpc) is 3.06. The van der Waals surface area contributed by atoms with E-state index in [1.54, 1.807) is 6.20 Å². The minimum atomic E-state index is 0.0286. The predicted molar refractivity (Wildman–Crippen MR) is 85.4 cm³/mol. The summed E-state index contributed by atoms with van der Waals surface area (Å²) in [5.41, 5.74) is 1.10. The lowest BCUT2D eigenvalue weighted by Gasteiger charge is -2.15. The summed E-state index contributed by atoms with van der Waals surface area (Å²) in [5.74, 6) is 0.945. The van der Waals surface area contributed by atoms with Crippen molar-refractivity contribution in [1.29, 1.82) is 0 Å². The van der Waals surface area contributed by atoms with Crippen LogP contribution in [0.25, 0.3) is 11.4 Å². The van der Waals surface area contributed by atoms with Gasteiger partial charge in [0, 0.05) is 47.7 Å². The second kappa shape index (κ2) is 5.82. The van der Waals surface area contributed by atoms with Crippen LogP contribution in [0.15, 0.2) is 36.7 Å². The molecular weight excluding hydrogens is 367 g/mol. The first-order valence-electron chi connectivity index (χ1n) is 6.54. The molecule has 0 bridgehead atoms. The summed E-state index contributed by atoms with van der Waals surface area (Å²) >= 11 is 2.29. The zero-order chi connectivity index (χ0) is 13.9. The summed E-state index contributed by atoms with van der Waals surface area (Å²) < 4.78 is 3.30. The molecule has 3 rings (SSSR count). The smallest absolute Gasteiger partial charge is 0.317 e. The molecule has 2 amide bonds. The van der Waals surface area contributed by atoms with Crippen molar-refractivity contribution < 1.29 is 4.79 Å². The summed E-state index contributed by atoms with van der Waals surface area (Å²) in [6.07, 6.45) is 3.76. The first-order chi connectivity index (χ1) is 9.74. The molecule has 1 saturated heterocycles. The molecule has 1 aromatic carbocycles. The summed E-state index contributed by atoms with van der Waals surface area (Å²) in [7, 11) is 0. The number of carbonyl (C=O) groups is 1. The van der Waals surface area contributed by atoms with E-state index >= 15 is 0 Å². The largest absolute Gasteiger partial charge is 0.336 e. The van der Waals surface area contributed by atoms with Crippen LogP contribution < -0.4 is 5.32 Å². The van der Waals surface area contributed by atoms with Crippen LogP contribution >= 0.6 is 22.6 Å². The van der Waals surface area contributed by atoms with Crippen LogP contribution in [0.2, 0.25) is 0 Å². The van der Waals surface area contributed by atoms with Crippen LogP contribution in [0.3, 0.4) is 0 Å². The first kappa shape index (κ1) is 13.4. The lowest BCUT2D eigenvalue weighted by atomic mass is 10.2. The molecule has 20 heavy (non-hydrogen) atoms. The van der Waals surface area contributed by atoms with Crippen molar-refractivity contribution in [3.8, 4) is 11.4 Å². The van der Waals surface area contributed by atoms with Crippen LogP contribution in [0.5, 0.6) is 0 Å². The Hall–Kier alpha value is -1.57. The minimum absolute atomic E-state index is 0.0286. The third-order valence-corrected chi connectivity index (χ3v) is 4.09. The molecule has 0 atom stereocenters. The molecule has 0 spiro atoms. The van der Waals surface area contributed by atoms with E-state index in [0.29, 0.717) is 6.54 Å². The normalized spacial score (nSPS) is 14.7. The second-order valence-corrected chi connectivity index (χ2v) is 5.92. The fourth-order valence-electron chi connectivity index (χ4n) is 2.30. The van der Waals surface area contributed by atoms with Crippen LogP contribution in [0.1, 0.15) is 0 Å². The van der Waals surface area contributed by atoms with Gasteiger partial charge < -0.3 is 14.8 Å². The summed E-state index contributed by atoms with van der Waals surface area (Å²) in [6.45, 7) is 2.99. The summed E-state index contributed by atoms with van der Waals surface area (Å²) in [6, 6.07) is 8.32. The zero-order valence-corrected chi connectivity index (χ0v) is 13.1. The van der Waals surface area contributed by atoms with E-state index in [0.717, 1.165) is 31.0 Å². The summed E-state index contributed by atoms with van der Waals surface area (Å²) in [5, 5.41) is 2.81. The topological polar surface area (TPSA) is 50.2 Å². The summed E-state index contributed by atoms with van der Waals surface area (Å²) in [4.78, 5) is 17.8. The van der Waals surface area contributed by atoms with Crippen LogP contribution in [0, 0.1) is 3.57 Å². The lowest BCUT2D eigenvalue weighted by molar-refractivity contribution is 0.215. The van der Waals surface area contributed by atoms with Crippen molar-refractivity contribution >= 4 is 28.6 Å². The van der Waals surface area contributed by atoms with Gasteiger partial charge in [-0.25, -0.2) is 9.78 Å². The maximum absolute atomic E-state index is 11.5. The van der Waals surface area contributed by atoms with Gasteiger partial charge in [0.15, 0.2) is 0 Å². The average molecular weight is 382 g/mol. The molecule has 1 aliphatic rings. The van der Waals surface area contributed by atoms with E-state index in [1.165, 1.54) is 3.57 Å². The third-order valence-electron chi connectivity index (χ3n) is 3.37. The van der Waals surface area contributed by atoms with Gasteiger partial charge >= 0.3 is 6.03 Å². The van der Waals surface area contributed by atoms with Crippen molar-refractivity contribution in [2.24, 2.45) is 0 Å². The molecule has 104 valence electrons. The van der Waals surface area contributed by atoms with E-state index < -0.39 is 0 Å². The van der Waals surface area contributed by atoms with Crippen molar-refractivity contribution in [2.45, 2.75) is 6.54 Å². The number of hydrogen-bond donors (Lipinski definition) is 1. The van der Waals surface area contributed by atoms with Gasteiger partial charge in [-0.2, -0.15) is 0 Å². The van der Waals surface area contributed by atoms with Gasteiger partial charge in [-0.3, -0.25) is 0 Å². The van der Waals surface area contributed by atoms with Gasteiger partial charge in [0.1, 0.15) is 5.82 Å². The number of nitrogens with one attached hydrogen (secondary N) is 1. The number of hydrogen-bond acceptors (Lipinski definition) is 2. The van der Waals surface area contributed by atoms with Crippen LogP contribution in [-0.4, -0.2) is 40.1 Å². The lowest BCUT2D eigenvalue weighted by Crippen LogP contribution is -2.31. The predicted octanol–water partition coefficient (Wildman–Crippen LogP) is 2.18. The van der Waals surface area contributed by atoms with E-state index in [4.69, 9.17) is 0 Å². The molecule has 2 heterocycles. The van der Waals surface area contributed by atoms with Gasteiger partial charge in [0.25, 0.3) is 0 Å². The molecule has 2 aromatic rings. The molecule has 1 aliphatic heterocycles. The number of urea groups is 1. The monoisotopic (exact) mass is 382 g/mol. The Labute approximate surface area is 131 Å². The molecule has 1 N–H and O–H groups in total. The molecule has 0 unspecified atom stereocenters. The van der Waals surface area contributed by atoms with E-state index in [-0.39, 0.29) is 6.03 Å². The highest BCUT2D eigenvalue weighted by molar-refractivity contribution is 14.1. The molecule has 0 saturated carbocycles. The van der Waals surface area contributed by atoms with Gasteiger partial charge in [0.05, 0.1) is 0 Å². The van der Waals surface area contributed by atoms with E-state index in [2.05, 4.69) is 61.7 Å². The molecule has 5 nitrogen and oxygen atoms in total. The van der Waals surface area contributed by atoms with Crippen molar-refractivity contribution in [3.05, 3.63) is 40.2 Å². The number of carbonyl (C=O) groups excluding carboxylic acids is 1. The number of nitrogens with zero attached hydrogens (tertiary/aromatic N) is 3. The highest BCUT2D eigenvalue weighted by atomic mass is 127. The van der Waals surface area contributed by atoms with Gasteiger partial charge in [-0.05, 0) is 34.7 Å². The minimum Gasteiger partial charge on any atom is -0.336 e. The first-order valence-corrected chi connectivity index (χ1v) is 7.62. The van der Waals surface area contributed by atoms with Crippen molar-refractivity contribution in [3.63, 3.8) is 0 Å². The molecule has 1 fully saturated rings. The molecular formula is C14H15IN4O. The Kier molecular flexibility index (Phi) is 3.90. The molecule has 0 aliphatic carbocycles. The zero-order valence-electron chi connectivity index (χ0n) is 10.9. The molecule has 6 heteroatoms. The Morgan fingerprint density at radius 1 is 1.25 bits per heavy atom. The maximum atomic E-state index is 11.5. The Balaban J connectivity index is 1.73. The Morgan fingerprint density at radius 2 is 2.05 bits per heavy atom. The van der Waals surface area contributed by atoms with Crippen molar-refractivity contribution in [2.75, 3.05) is 19.6 Å². The number of halogens is 1. The van der Waals surface area contributed by atoms with Crippen molar-refractivity contribution in [1.82, 2.24) is 19.8 Å². The van der Waals surface area contributed by atoms with E-state index in [9.17, 15) is 4.79 Å². The number of rotatable bonds is 4. The number of benzene rings is 1. The fraction of sp³-hybridized carbons (Fsp3) is 0.286. The maximum Gasteiger partial charge on any atom is 0.317 e. The number of imidazole rings is 1. The standard InChI is InChI=1S/C14H15IN4O/c15-12-3-1-11(2-4-12)13-16-5-7-18(13)9-10-19-8-6-17-14(19)20/h1-5,7H,6,8-10H2,(H,17,20). The quantitative estimate of drug-likeness (QED) is 0.825. The van der Waals surface area contributed by atoms with Gasteiger partial charge in [0.2, 0.25) is 0 Å². The van der Waals surface area contributed by atoms with Gasteiger partial charge in [-0.1, -0.05) is 12.1 Å². The third kappa shape index (κ3) is 2.79. The highest BCUT2D eigenvalue weighted by Gasteiger charge is 2.19. The second-order valence-electron chi connectivity index (χ2n) is 4.67. The fourth-order valence-corrected chi connectivity index (χ4v) is 2.66. The molecule has 0 radical (unpaired) electrons. The number of amides is 2. The van der Waals surface area contributed by atoms with E-state index in [1.807, 2.05) is 11.1 Å². The van der Waals surface area contributed by atoms with Crippen LogP contribution in [-0.2, 0) is 6.54 Å². The van der Waals surface area contributed by atoms with Crippen LogP contribution in [0.4, 0.5) is 4.79 Å². The Bertz CT molecular complexity index is 608. The SMILES string of the molecule is O=C1NCCN1CCn1ccnc1-c1ccc(I)cc1. The highest BCUT2D eigenvalue weighted by Crippen LogP contribution is 2.19. The number of aromatic nitrogens is 2. The molecule has 1 aromatic heterocycles. The Morgan fingerprint density at radius 3 is 2.75 bits per heavy atom. The van der Waals surface area contributed by atoms with Gasteiger partial charge in [-0.15, -0.1) is 0 Å².